The quantitative estimate of drug-likeness (QED) is 0.330. The first kappa shape index (κ1) is 25.5. The Balaban J connectivity index is 2.58. The Labute approximate surface area is 183 Å². The van der Waals surface area contributed by atoms with Crippen molar-refractivity contribution in [2.75, 3.05) is 28.4 Å². The summed E-state index contributed by atoms with van der Waals surface area (Å²) in [4.78, 5) is 44.3. The third-order valence-electron chi connectivity index (χ3n) is 3.82. The lowest BCUT2D eigenvalue weighted by Crippen LogP contribution is -2.20. The SMILES string of the molecule is COc1cc(/C=C\c2cc(OP(=O)([O-])[O-])c(OC)c(OP(=O)([O-])[O-])c2)cc(OC)c1OC. The summed E-state index contributed by atoms with van der Waals surface area (Å²) in [5.41, 5.74) is 0.642. The van der Waals surface area contributed by atoms with Gasteiger partial charge in [-0.25, -0.2) is 0 Å². The molecule has 0 aliphatic rings. The van der Waals surface area contributed by atoms with Crippen molar-refractivity contribution < 1.29 is 56.7 Å². The average Bonchev–Trinajstić information content (AvgIpc) is 2.68. The van der Waals surface area contributed by atoms with E-state index in [4.69, 9.17) is 18.9 Å². The monoisotopic (exact) mass is 488 g/mol. The predicted octanol–water partition coefficient (Wildman–Crippen LogP) is 0.306. The van der Waals surface area contributed by atoms with Crippen LogP contribution in [0, 0.1) is 0 Å². The molecule has 12 nitrogen and oxygen atoms in total. The third-order valence-corrected chi connectivity index (χ3v) is 4.66. The second-order valence-electron chi connectivity index (χ2n) is 5.92. The fourth-order valence-electron chi connectivity index (χ4n) is 2.66. The van der Waals surface area contributed by atoms with Crippen molar-refractivity contribution in [1.29, 1.82) is 0 Å². The Kier molecular flexibility index (Phi) is 8.19. The van der Waals surface area contributed by atoms with Gasteiger partial charge >= 0.3 is 0 Å². The molecule has 2 aromatic carbocycles. The molecule has 0 atom stereocenters. The summed E-state index contributed by atoms with van der Waals surface area (Å²) in [7, 11) is -5.80. The molecule has 0 bridgehead atoms. The Hall–Kier alpha value is -2.72. The van der Waals surface area contributed by atoms with Crippen LogP contribution in [-0.2, 0) is 9.13 Å². The molecule has 0 saturated carbocycles. The number of methoxy groups -OCH3 is 4. The summed E-state index contributed by atoms with van der Waals surface area (Å²) < 4.78 is 51.4. The Morgan fingerprint density at radius 2 is 0.906 bits per heavy atom. The van der Waals surface area contributed by atoms with Crippen LogP contribution in [0.5, 0.6) is 34.5 Å². The summed E-state index contributed by atoms with van der Waals surface area (Å²) >= 11 is 0. The molecule has 0 spiro atoms. The van der Waals surface area contributed by atoms with Crippen LogP contribution in [0.1, 0.15) is 11.1 Å². The molecule has 0 radical (unpaired) electrons. The lowest BCUT2D eigenvalue weighted by atomic mass is 10.1. The van der Waals surface area contributed by atoms with Gasteiger partial charge in [-0.1, -0.05) is 12.2 Å². The van der Waals surface area contributed by atoms with E-state index in [0.717, 1.165) is 19.2 Å². The fraction of sp³-hybridized carbons (Fsp3) is 0.222. The van der Waals surface area contributed by atoms with E-state index in [1.165, 1.54) is 33.5 Å². The van der Waals surface area contributed by atoms with Gasteiger partial charge in [-0.3, -0.25) is 0 Å². The Morgan fingerprint density at radius 3 is 1.19 bits per heavy atom. The van der Waals surface area contributed by atoms with E-state index in [2.05, 4.69) is 9.05 Å². The highest BCUT2D eigenvalue weighted by Crippen LogP contribution is 2.47. The van der Waals surface area contributed by atoms with Crippen molar-refractivity contribution in [3.63, 3.8) is 0 Å². The zero-order valence-electron chi connectivity index (χ0n) is 17.3. The molecule has 0 aliphatic carbocycles. The molecule has 176 valence electrons. The summed E-state index contributed by atoms with van der Waals surface area (Å²) in [6.45, 7) is 0. The van der Waals surface area contributed by atoms with Gasteiger partial charge in [0.15, 0.2) is 23.0 Å². The molecule has 0 unspecified atom stereocenters. The lowest BCUT2D eigenvalue weighted by Gasteiger charge is -2.32. The van der Waals surface area contributed by atoms with Crippen molar-refractivity contribution in [3.05, 3.63) is 35.4 Å². The zero-order valence-corrected chi connectivity index (χ0v) is 19.0. The summed E-state index contributed by atoms with van der Waals surface area (Å²) in [5, 5.41) is 0. The predicted molar refractivity (Wildman–Crippen MR) is 104 cm³/mol. The van der Waals surface area contributed by atoms with Gasteiger partial charge in [-0.05, 0) is 35.4 Å². The van der Waals surface area contributed by atoms with Crippen molar-refractivity contribution in [3.8, 4) is 34.5 Å². The van der Waals surface area contributed by atoms with E-state index in [1.54, 1.807) is 12.1 Å². The molecule has 0 aromatic heterocycles. The second kappa shape index (κ2) is 10.3. The standard InChI is InChI=1S/C18H22O12P2/c1-25-13-7-11(8-14(26-2)17(13)27-3)5-6-12-9-15(29-31(19,20)21)18(28-4)16(10-12)30-32(22,23)24/h5-10H,1-4H3,(H2,19,20,21)(H2,22,23,24)/p-4/b6-5-. The highest BCUT2D eigenvalue weighted by molar-refractivity contribution is 7.44. The van der Waals surface area contributed by atoms with Crippen LogP contribution in [-0.4, -0.2) is 28.4 Å². The molecule has 0 fully saturated rings. The molecule has 0 saturated heterocycles. The molecule has 0 aliphatic heterocycles. The second-order valence-corrected chi connectivity index (χ2v) is 8.07. The first-order chi connectivity index (χ1) is 14.9. The number of ether oxygens (including phenoxy) is 4. The molecule has 2 aromatic rings. The maximum Gasteiger partial charge on any atom is 0.204 e. The number of hydrogen-bond acceptors (Lipinski definition) is 12. The molecule has 0 heterocycles. The topological polar surface area (TPSA) is 182 Å². The van der Waals surface area contributed by atoms with E-state index in [1.807, 2.05) is 0 Å². The molecule has 14 heteroatoms. The van der Waals surface area contributed by atoms with Crippen LogP contribution >= 0.6 is 15.6 Å². The van der Waals surface area contributed by atoms with Crippen LogP contribution in [0.2, 0.25) is 0 Å². The highest BCUT2D eigenvalue weighted by atomic mass is 31.2. The van der Waals surface area contributed by atoms with Crippen LogP contribution in [0.25, 0.3) is 12.2 Å². The number of phosphoric ester groups is 2. The Morgan fingerprint density at radius 1 is 0.594 bits per heavy atom. The molecule has 0 amide bonds. The lowest BCUT2D eigenvalue weighted by molar-refractivity contribution is -0.335. The van der Waals surface area contributed by atoms with Gasteiger partial charge in [0.25, 0.3) is 0 Å². The number of phosphoric acid groups is 2. The summed E-state index contributed by atoms with van der Waals surface area (Å²) in [6, 6.07) is 5.35. The first-order valence-electron chi connectivity index (χ1n) is 8.54. The largest absolute Gasteiger partial charge is 0.780 e. The van der Waals surface area contributed by atoms with Gasteiger partial charge in [0.1, 0.15) is 15.6 Å². The molecule has 32 heavy (non-hydrogen) atoms. The van der Waals surface area contributed by atoms with Crippen LogP contribution in [0.4, 0.5) is 0 Å². The molecule has 2 rings (SSSR count). The molecular weight excluding hydrogens is 470 g/mol. The van der Waals surface area contributed by atoms with E-state index in [0.29, 0.717) is 22.8 Å². The Bertz CT molecular complexity index is 1020. The molecular formula is C18H18O12P2-4. The van der Waals surface area contributed by atoms with E-state index >= 15 is 0 Å². The van der Waals surface area contributed by atoms with Gasteiger partial charge in [-0.2, -0.15) is 0 Å². The number of rotatable bonds is 10. The normalized spacial score (nSPS) is 11.9. The van der Waals surface area contributed by atoms with Gasteiger partial charge in [0.2, 0.25) is 11.5 Å². The molecule has 0 N–H and O–H groups in total. The van der Waals surface area contributed by atoms with Gasteiger partial charge < -0.3 is 56.7 Å². The van der Waals surface area contributed by atoms with Crippen molar-refractivity contribution >= 4 is 27.8 Å². The van der Waals surface area contributed by atoms with Crippen LogP contribution in [0.3, 0.4) is 0 Å². The van der Waals surface area contributed by atoms with Crippen LogP contribution in [0.15, 0.2) is 24.3 Å². The van der Waals surface area contributed by atoms with Crippen molar-refractivity contribution in [2.24, 2.45) is 0 Å². The van der Waals surface area contributed by atoms with E-state index in [-0.39, 0.29) is 5.56 Å². The smallest absolute Gasteiger partial charge is 0.204 e. The summed E-state index contributed by atoms with van der Waals surface area (Å²) in [5.74, 6) is -0.856. The van der Waals surface area contributed by atoms with Gasteiger partial charge in [-0.15, -0.1) is 0 Å². The van der Waals surface area contributed by atoms with Crippen molar-refractivity contribution in [1.82, 2.24) is 0 Å². The minimum Gasteiger partial charge on any atom is -0.780 e. The first-order valence-corrected chi connectivity index (χ1v) is 11.5. The average molecular weight is 488 g/mol. The maximum absolute atomic E-state index is 11.1. The van der Waals surface area contributed by atoms with Gasteiger partial charge in [0, 0.05) is 0 Å². The number of hydrogen-bond donors (Lipinski definition) is 0. The van der Waals surface area contributed by atoms with E-state index in [9.17, 15) is 28.7 Å². The van der Waals surface area contributed by atoms with Crippen molar-refractivity contribution in [2.45, 2.75) is 0 Å². The maximum atomic E-state index is 11.1. The fourth-order valence-corrected chi connectivity index (χ4v) is 3.41. The number of benzene rings is 2. The third kappa shape index (κ3) is 6.89. The van der Waals surface area contributed by atoms with Gasteiger partial charge in [0.05, 0.1) is 28.4 Å². The van der Waals surface area contributed by atoms with Crippen LogP contribution < -0.4 is 47.6 Å². The minimum absolute atomic E-state index is 0.103. The minimum atomic E-state index is -5.56. The summed E-state index contributed by atoms with van der Waals surface area (Å²) in [6.07, 6.45) is 2.91. The van der Waals surface area contributed by atoms with E-state index < -0.39 is 32.9 Å². The highest BCUT2D eigenvalue weighted by Gasteiger charge is 2.17. The zero-order chi connectivity index (χ0) is 24.1.